The zero-order valence-corrected chi connectivity index (χ0v) is 23.3. The van der Waals surface area contributed by atoms with Gasteiger partial charge in [0.25, 0.3) is 0 Å². The average molecular weight is 516 g/mol. The SMILES string of the molecule is CCOC(OCC)C(C)N(Cc1cccc2ccccc12)C(=O)C(CCCCNC(=O)O)NC(C)(C)C. The lowest BCUT2D eigenvalue weighted by molar-refractivity contribution is -0.180. The highest BCUT2D eigenvalue weighted by atomic mass is 16.7. The lowest BCUT2D eigenvalue weighted by Crippen LogP contribution is -2.56. The van der Waals surface area contributed by atoms with Crippen LogP contribution in [0.3, 0.4) is 0 Å². The number of amides is 2. The molecule has 2 unspecified atom stereocenters. The highest BCUT2D eigenvalue weighted by molar-refractivity contribution is 5.87. The third-order valence-corrected chi connectivity index (χ3v) is 6.15. The van der Waals surface area contributed by atoms with Crippen molar-refractivity contribution in [2.24, 2.45) is 0 Å². The van der Waals surface area contributed by atoms with E-state index in [1.165, 1.54) is 0 Å². The number of hydrogen-bond acceptors (Lipinski definition) is 5. The fourth-order valence-electron chi connectivity index (χ4n) is 4.49. The van der Waals surface area contributed by atoms with E-state index in [4.69, 9.17) is 14.6 Å². The molecule has 0 aromatic heterocycles. The van der Waals surface area contributed by atoms with Gasteiger partial charge in [0.05, 0.1) is 12.1 Å². The Labute approximate surface area is 221 Å². The van der Waals surface area contributed by atoms with Gasteiger partial charge < -0.3 is 30.1 Å². The van der Waals surface area contributed by atoms with E-state index in [2.05, 4.69) is 34.9 Å². The summed E-state index contributed by atoms with van der Waals surface area (Å²) in [5.74, 6) is -0.0223. The van der Waals surface area contributed by atoms with Gasteiger partial charge >= 0.3 is 6.09 Å². The van der Waals surface area contributed by atoms with Crippen LogP contribution in [0.2, 0.25) is 0 Å². The largest absolute Gasteiger partial charge is 0.465 e. The molecule has 0 bridgehead atoms. The fourth-order valence-corrected chi connectivity index (χ4v) is 4.49. The van der Waals surface area contributed by atoms with Crippen LogP contribution >= 0.6 is 0 Å². The van der Waals surface area contributed by atoms with Gasteiger partial charge in [0, 0.05) is 31.8 Å². The van der Waals surface area contributed by atoms with E-state index in [9.17, 15) is 9.59 Å². The third-order valence-electron chi connectivity index (χ3n) is 6.15. The number of rotatable bonds is 15. The molecule has 8 heteroatoms. The predicted octanol–water partition coefficient (Wildman–Crippen LogP) is 5.15. The average Bonchev–Trinajstić information content (AvgIpc) is 2.84. The van der Waals surface area contributed by atoms with Crippen molar-refractivity contribution in [3.05, 3.63) is 48.0 Å². The third kappa shape index (κ3) is 9.95. The van der Waals surface area contributed by atoms with Crippen LogP contribution in [-0.2, 0) is 20.8 Å². The van der Waals surface area contributed by atoms with E-state index in [1.807, 2.05) is 64.6 Å². The van der Waals surface area contributed by atoms with Crippen LogP contribution in [-0.4, -0.2) is 65.7 Å². The predicted molar refractivity (Wildman–Crippen MR) is 148 cm³/mol. The van der Waals surface area contributed by atoms with Crippen LogP contribution < -0.4 is 10.6 Å². The Morgan fingerprint density at radius 1 is 1.00 bits per heavy atom. The van der Waals surface area contributed by atoms with Crippen molar-refractivity contribution < 1.29 is 24.2 Å². The molecule has 2 rings (SSSR count). The molecule has 8 nitrogen and oxygen atoms in total. The van der Waals surface area contributed by atoms with Crippen molar-refractivity contribution in [2.45, 2.75) is 91.3 Å². The van der Waals surface area contributed by atoms with Crippen molar-refractivity contribution in [2.75, 3.05) is 19.8 Å². The van der Waals surface area contributed by atoms with Gasteiger partial charge in [-0.15, -0.1) is 0 Å². The van der Waals surface area contributed by atoms with E-state index in [0.717, 1.165) is 16.3 Å². The Morgan fingerprint density at radius 3 is 2.27 bits per heavy atom. The standard InChI is InChI=1S/C29H45N3O5/c1-7-36-27(37-8-2)21(3)32(20-23-16-13-15-22-14-9-10-17-24(22)23)26(33)25(31-29(4,5)6)18-11-12-19-30-28(34)35/h9-10,13-17,21,25,27,30-31H,7-8,11-12,18-20H2,1-6H3,(H,34,35). The molecule has 0 aliphatic heterocycles. The minimum Gasteiger partial charge on any atom is -0.465 e. The van der Waals surface area contributed by atoms with Crippen LogP contribution in [0.5, 0.6) is 0 Å². The Hall–Kier alpha value is -2.68. The topological polar surface area (TPSA) is 100 Å². The molecule has 0 aliphatic carbocycles. The summed E-state index contributed by atoms with van der Waals surface area (Å²) in [6.07, 6.45) is 0.361. The van der Waals surface area contributed by atoms with Crippen molar-refractivity contribution in [3.63, 3.8) is 0 Å². The molecule has 0 radical (unpaired) electrons. The molecule has 0 spiro atoms. The molecule has 206 valence electrons. The highest BCUT2D eigenvalue weighted by Gasteiger charge is 2.34. The number of nitrogens with one attached hydrogen (secondary N) is 2. The van der Waals surface area contributed by atoms with Gasteiger partial charge in [-0.05, 0) is 77.1 Å². The maximum absolute atomic E-state index is 14.2. The number of ether oxygens (including phenoxy) is 2. The number of carboxylic acid groups (broad SMARTS) is 1. The van der Waals surface area contributed by atoms with Crippen molar-refractivity contribution in [3.8, 4) is 0 Å². The number of carbonyl (C=O) groups is 2. The summed E-state index contributed by atoms with van der Waals surface area (Å²) in [6.45, 7) is 13.7. The van der Waals surface area contributed by atoms with Crippen LogP contribution in [0.25, 0.3) is 10.8 Å². The molecule has 2 aromatic rings. The molecule has 0 fully saturated rings. The second-order valence-electron chi connectivity index (χ2n) is 10.3. The monoisotopic (exact) mass is 515 g/mol. The second-order valence-corrected chi connectivity index (χ2v) is 10.3. The molecule has 0 aliphatic rings. The molecule has 37 heavy (non-hydrogen) atoms. The van der Waals surface area contributed by atoms with Crippen molar-refractivity contribution in [1.82, 2.24) is 15.5 Å². The number of carbonyl (C=O) groups excluding carboxylic acids is 1. The lowest BCUT2D eigenvalue weighted by atomic mass is 10.00. The van der Waals surface area contributed by atoms with E-state index in [0.29, 0.717) is 45.6 Å². The van der Waals surface area contributed by atoms with E-state index >= 15 is 0 Å². The first kappa shape index (κ1) is 30.5. The summed E-state index contributed by atoms with van der Waals surface area (Å²) in [7, 11) is 0. The van der Waals surface area contributed by atoms with Gasteiger partial charge in [-0.3, -0.25) is 4.79 Å². The van der Waals surface area contributed by atoms with Gasteiger partial charge in [0.1, 0.15) is 0 Å². The molecular weight excluding hydrogens is 470 g/mol. The second kappa shape index (κ2) is 14.9. The number of benzene rings is 2. The van der Waals surface area contributed by atoms with Gasteiger partial charge in [0.2, 0.25) is 5.91 Å². The van der Waals surface area contributed by atoms with Gasteiger partial charge in [-0.1, -0.05) is 42.5 Å². The molecular formula is C29H45N3O5. The minimum atomic E-state index is -1.03. The molecule has 2 amide bonds. The van der Waals surface area contributed by atoms with Crippen molar-refractivity contribution in [1.29, 1.82) is 0 Å². The molecule has 0 saturated heterocycles. The summed E-state index contributed by atoms with van der Waals surface area (Å²) >= 11 is 0. The van der Waals surface area contributed by atoms with Gasteiger partial charge in [-0.25, -0.2) is 4.79 Å². The zero-order chi connectivity index (χ0) is 27.4. The molecule has 2 atom stereocenters. The number of unbranched alkanes of at least 4 members (excludes halogenated alkanes) is 1. The van der Waals surface area contributed by atoms with Crippen LogP contribution in [0.4, 0.5) is 4.79 Å². The van der Waals surface area contributed by atoms with Crippen molar-refractivity contribution >= 4 is 22.8 Å². The van der Waals surface area contributed by atoms with Crippen LogP contribution in [0.1, 0.15) is 66.4 Å². The number of fused-ring (bicyclic) bond motifs is 1. The van der Waals surface area contributed by atoms with Gasteiger partial charge in [0.15, 0.2) is 6.29 Å². The Bertz CT molecular complexity index is 980. The van der Waals surface area contributed by atoms with Crippen LogP contribution in [0, 0.1) is 0 Å². The first-order chi connectivity index (χ1) is 17.6. The summed E-state index contributed by atoms with van der Waals surface area (Å²) in [6, 6.07) is 13.6. The molecule has 3 N–H and O–H groups in total. The van der Waals surface area contributed by atoms with Crippen LogP contribution in [0.15, 0.2) is 42.5 Å². The van der Waals surface area contributed by atoms with E-state index < -0.39 is 18.4 Å². The summed E-state index contributed by atoms with van der Waals surface area (Å²) in [4.78, 5) is 26.9. The quantitative estimate of drug-likeness (QED) is 0.224. The fraction of sp³-hybridized carbons (Fsp3) is 0.586. The maximum Gasteiger partial charge on any atom is 0.404 e. The Kier molecular flexibility index (Phi) is 12.3. The summed E-state index contributed by atoms with van der Waals surface area (Å²) < 4.78 is 11.8. The summed E-state index contributed by atoms with van der Waals surface area (Å²) in [5.41, 5.74) is 0.776. The molecule has 2 aromatic carbocycles. The summed E-state index contributed by atoms with van der Waals surface area (Å²) in [5, 5.41) is 17.0. The number of hydrogen-bond donors (Lipinski definition) is 3. The normalized spacial score (nSPS) is 13.5. The van der Waals surface area contributed by atoms with E-state index in [1.54, 1.807) is 0 Å². The first-order valence-electron chi connectivity index (χ1n) is 13.3. The maximum atomic E-state index is 14.2. The van der Waals surface area contributed by atoms with E-state index in [-0.39, 0.29) is 17.5 Å². The molecule has 0 heterocycles. The zero-order valence-electron chi connectivity index (χ0n) is 23.3. The Balaban J connectivity index is 2.38. The molecule has 0 saturated carbocycles. The smallest absolute Gasteiger partial charge is 0.404 e. The number of nitrogens with zero attached hydrogens (tertiary/aromatic N) is 1. The van der Waals surface area contributed by atoms with Gasteiger partial charge in [-0.2, -0.15) is 0 Å². The highest BCUT2D eigenvalue weighted by Crippen LogP contribution is 2.24. The lowest BCUT2D eigenvalue weighted by Gasteiger charge is -2.38. The minimum absolute atomic E-state index is 0.0223. The Morgan fingerprint density at radius 2 is 1.65 bits per heavy atom. The first-order valence-corrected chi connectivity index (χ1v) is 13.3.